The van der Waals surface area contributed by atoms with Gasteiger partial charge in [-0.1, -0.05) is 133 Å². The third kappa shape index (κ3) is 5.41. The Morgan fingerprint density at radius 1 is 0.460 bits per heavy atom. The summed E-state index contributed by atoms with van der Waals surface area (Å²) >= 11 is 0. The van der Waals surface area contributed by atoms with E-state index in [0.717, 1.165) is 23.5 Å². The third-order valence-corrected chi connectivity index (χ3v) is 9.95. The number of hydrogen-bond donors (Lipinski definition) is 0. The van der Waals surface area contributed by atoms with Crippen LogP contribution in [-0.2, 0) is 0 Å². The molecule has 0 aromatic heterocycles. The Balaban J connectivity index is 1.17. The highest BCUT2D eigenvalue weighted by Crippen LogP contribution is 2.52. The number of fused-ring (bicyclic) bond motifs is 3. The van der Waals surface area contributed by atoms with Crippen molar-refractivity contribution in [1.82, 2.24) is 0 Å². The molecule has 0 N–H and O–H groups in total. The van der Waals surface area contributed by atoms with Crippen molar-refractivity contribution >= 4 is 28.4 Å². The maximum atomic E-state index is 2.46. The number of hydrogen-bond acceptors (Lipinski definition) is 2. The van der Waals surface area contributed by atoms with E-state index in [9.17, 15) is 0 Å². The third-order valence-electron chi connectivity index (χ3n) is 9.95. The Labute approximate surface area is 294 Å². The molecular weight excluding hydrogens is 605 g/mol. The van der Waals surface area contributed by atoms with Crippen LogP contribution in [0.4, 0.5) is 28.4 Å². The molecule has 0 saturated heterocycles. The minimum absolute atomic E-state index is 0.365. The second kappa shape index (κ2) is 12.9. The maximum absolute atomic E-state index is 2.46. The van der Waals surface area contributed by atoms with Crippen LogP contribution in [0.15, 0.2) is 206 Å². The lowest BCUT2D eigenvalue weighted by Gasteiger charge is -2.25. The first-order chi connectivity index (χ1) is 24.8. The first-order valence-electron chi connectivity index (χ1n) is 17.4. The van der Waals surface area contributed by atoms with Crippen molar-refractivity contribution in [1.29, 1.82) is 0 Å². The van der Waals surface area contributed by atoms with Crippen molar-refractivity contribution in [3.8, 4) is 33.4 Å². The van der Waals surface area contributed by atoms with Crippen LogP contribution < -0.4 is 9.80 Å². The Morgan fingerprint density at radius 3 is 1.72 bits per heavy atom. The van der Waals surface area contributed by atoms with Crippen molar-refractivity contribution in [3.05, 3.63) is 211 Å². The van der Waals surface area contributed by atoms with Gasteiger partial charge in [-0.25, -0.2) is 0 Å². The lowest BCUT2D eigenvalue weighted by Crippen LogP contribution is -2.14. The van der Waals surface area contributed by atoms with E-state index in [4.69, 9.17) is 0 Å². The molecule has 0 fully saturated rings. The minimum Gasteiger partial charge on any atom is -0.313 e. The van der Waals surface area contributed by atoms with Crippen LogP contribution in [-0.4, -0.2) is 0 Å². The molecule has 9 rings (SSSR count). The highest BCUT2D eigenvalue weighted by Gasteiger charge is 2.35. The molecule has 0 bridgehead atoms. The molecule has 7 aromatic rings. The molecule has 7 aromatic carbocycles. The summed E-state index contributed by atoms with van der Waals surface area (Å²) in [5, 5.41) is 0. The summed E-state index contributed by atoms with van der Waals surface area (Å²) in [6, 6.07) is 65.7. The Bertz CT molecular complexity index is 2280. The van der Waals surface area contributed by atoms with E-state index in [1.54, 1.807) is 0 Å². The molecule has 1 aliphatic heterocycles. The summed E-state index contributed by atoms with van der Waals surface area (Å²) < 4.78 is 0. The van der Waals surface area contributed by atoms with Crippen LogP contribution in [0.25, 0.3) is 33.4 Å². The number of rotatable bonds is 7. The van der Waals surface area contributed by atoms with Crippen molar-refractivity contribution in [2.75, 3.05) is 9.80 Å². The lowest BCUT2D eigenvalue weighted by atomic mass is 9.88. The highest BCUT2D eigenvalue weighted by atomic mass is 15.2. The summed E-state index contributed by atoms with van der Waals surface area (Å²) in [7, 11) is 0. The van der Waals surface area contributed by atoms with Crippen LogP contribution in [0.5, 0.6) is 0 Å². The van der Waals surface area contributed by atoms with E-state index >= 15 is 0 Å². The predicted molar refractivity (Wildman–Crippen MR) is 211 cm³/mol. The van der Waals surface area contributed by atoms with E-state index in [1.807, 2.05) is 0 Å². The Morgan fingerprint density at radius 2 is 1.04 bits per heavy atom. The van der Waals surface area contributed by atoms with Gasteiger partial charge in [-0.2, -0.15) is 0 Å². The van der Waals surface area contributed by atoms with E-state index in [0.29, 0.717) is 5.92 Å². The van der Waals surface area contributed by atoms with E-state index < -0.39 is 0 Å². The van der Waals surface area contributed by atoms with Crippen LogP contribution in [0, 0.1) is 0 Å². The second-order valence-corrected chi connectivity index (χ2v) is 12.9. The van der Waals surface area contributed by atoms with E-state index in [2.05, 4.69) is 210 Å². The molecule has 0 saturated carbocycles. The van der Waals surface area contributed by atoms with Crippen LogP contribution in [0.1, 0.15) is 17.9 Å². The first-order valence-corrected chi connectivity index (χ1v) is 17.4. The summed E-state index contributed by atoms with van der Waals surface area (Å²) in [5.74, 6) is 0.365. The van der Waals surface area contributed by atoms with Crippen LogP contribution in [0.2, 0.25) is 0 Å². The molecule has 1 unspecified atom stereocenters. The molecule has 238 valence electrons. The predicted octanol–water partition coefficient (Wildman–Crippen LogP) is 13.2. The molecule has 2 heteroatoms. The average Bonchev–Trinajstić information content (AvgIpc) is 3.53. The largest absolute Gasteiger partial charge is 0.313 e. The molecule has 0 amide bonds. The maximum Gasteiger partial charge on any atom is 0.0503 e. The zero-order chi connectivity index (χ0) is 33.3. The molecule has 0 radical (unpaired) electrons. The van der Waals surface area contributed by atoms with Gasteiger partial charge < -0.3 is 9.80 Å². The van der Waals surface area contributed by atoms with Gasteiger partial charge in [-0.3, -0.25) is 0 Å². The van der Waals surface area contributed by atoms with E-state index in [1.165, 1.54) is 56.0 Å². The van der Waals surface area contributed by atoms with Gasteiger partial charge in [0.05, 0.1) is 5.69 Å². The van der Waals surface area contributed by atoms with Gasteiger partial charge in [0.1, 0.15) is 0 Å². The lowest BCUT2D eigenvalue weighted by molar-refractivity contribution is 0.819. The van der Waals surface area contributed by atoms with Gasteiger partial charge in [0.25, 0.3) is 0 Å². The zero-order valence-corrected chi connectivity index (χ0v) is 27.7. The van der Waals surface area contributed by atoms with Gasteiger partial charge >= 0.3 is 0 Å². The van der Waals surface area contributed by atoms with Crippen molar-refractivity contribution in [2.45, 2.75) is 12.3 Å². The highest BCUT2D eigenvalue weighted by molar-refractivity contribution is 5.91. The molecule has 0 spiro atoms. The summed E-state index contributed by atoms with van der Waals surface area (Å²) in [6.45, 7) is 0. The number of nitrogens with zero attached hydrogens (tertiary/aromatic N) is 2. The van der Waals surface area contributed by atoms with Gasteiger partial charge in [-0.05, 0) is 112 Å². The molecule has 2 aliphatic rings. The quantitative estimate of drug-likeness (QED) is 0.171. The van der Waals surface area contributed by atoms with Crippen molar-refractivity contribution < 1.29 is 0 Å². The van der Waals surface area contributed by atoms with Crippen molar-refractivity contribution in [2.24, 2.45) is 0 Å². The standard InChI is InChI=1S/C48H36N2/c1-5-15-35(16-6-1)37-27-31-43(36-25-29-42(30-26-36)49(39-17-7-2-8-18-39)40-19-9-3-10-20-40)46(33-37)38-28-32-45-44-23-13-14-24-47(44)50(48(45)34-38)41-21-11-4-12-22-41/h1-22,24-34,44H,23H2. The van der Waals surface area contributed by atoms with Gasteiger partial charge in [0, 0.05) is 34.4 Å². The van der Waals surface area contributed by atoms with Crippen molar-refractivity contribution in [3.63, 3.8) is 0 Å². The van der Waals surface area contributed by atoms with Crippen LogP contribution in [0.3, 0.4) is 0 Å². The number of benzene rings is 7. The fraction of sp³-hybridized carbons (Fsp3) is 0.0417. The number of allylic oxidation sites excluding steroid dienone is 4. The van der Waals surface area contributed by atoms with Crippen LogP contribution >= 0.6 is 0 Å². The zero-order valence-electron chi connectivity index (χ0n) is 27.7. The molecule has 1 aliphatic carbocycles. The second-order valence-electron chi connectivity index (χ2n) is 12.9. The van der Waals surface area contributed by atoms with Gasteiger partial charge in [-0.15, -0.1) is 0 Å². The fourth-order valence-corrected chi connectivity index (χ4v) is 7.58. The molecule has 1 heterocycles. The monoisotopic (exact) mass is 640 g/mol. The summed E-state index contributed by atoms with van der Waals surface area (Å²) in [6.07, 6.45) is 7.81. The summed E-state index contributed by atoms with van der Waals surface area (Å²) in [5.41, 5.74) is 15.8. The SMILES string of the molecule is C1=CCC2C(=C1)N(c1ccccc1)c1cc(-c3cc(-c4ccccc4)ccc3-c3ccc(N(c4ccccc4)c4ccccc4)cc3)ccc12. The Hall–Kier alpha value is -6.38. The Kier molecular flexibility index (Phi) is 7.68. The number of para-hydroxylation sites is 3. The fourth-order valence-electron chi connectivity index (χ4n) is 7.58. The molecule has 50 heavy (non-hydrogen) atoms. The minimum atomic E-state index is 0.365. The molecular formula is C48H36N2. The smallest absolute Gasteiger partial charge is 0.0503 e. The van der Waals surface area contributed by atoms with Gasteiger partial charge in [0.15, 0.2) is 0 Å². The normalized spacial score (nSPS) is 14.5. The first kappa shape index (κ1) is 29.7. The topological polar surface area (TPSA) is 6.48 Å². The van der Waals surface area contributed by atoms with E-state index in [-0.39, 0.29) is 0 Å². The average molecular weight is 641 g/mol. The van der Waals surface area contributed by atoms with Gasteiger partial charge in [0.2, 0.25) is 0 Å². The summed E-state index contributed by atoms with van der Waals surface area (Å²) in [4.78, 5) is 4.77. The molecule has 2 nitrogen and oxygen atoms in total. The molecule has 1 atom stereocenters. The number of anilines is 5.